The van der Waals surface area contributed by atoms with E-state index in [1.165, 1.54) is 167 Å². The molecule has 0 radical (unpaired) electrons. The first-order valence-electron chi connectivity index (χ1n) is 39.7. The summed E-state index contributed by atoms with van der Waals surface area (Å²) in [4.78, 5) is 72.9. The zero-order valence-corrected chi connectivity index (χ0v) is 64.8. The highest BCUT2D eigenvalue weighted by molar-refractivity contribution is 7.47. The molecule has 0 aromatic rings. The number of esters is 4. The number of phosphoric acid groups is 2. The van der Waals surface area contributed by atoms with Crippen molar-refractivity contribution in [2.75, 3.05) is 39.6 Å². The number of phosphoric ester groups is 2. The molecule has 0 fully saturated rings. The third-order valence-corrected chi connectivity index (χ3v) is 19.4. The highest BCUT2D eigenvalue weighted by Crippen LogP contribution is 2.45. The summed E-state index contributed by atoms with van der Waals surface area (Å²) in [6, 6.07) is 0. The first-order valence-corrected chi connectivity index (χ1v) is 42.7. The van der Waals surface area contributed by atoms with Gasteiger partial charge in [0.15, 0.2) is 12.2 Å². The molecule has 0 aliphatic carbocycles. The van der Waals surface area contributed by atoms with Gasteiger partial charge < -0.3 is 33.8 Å². The van der Waals surface area contributed by atoms with Crippen molar-refractivity contribution in [1.29, 1.82) is 0 Å². The Bertz CT molecular complexity index is 1980. The molecule has 0 spiro atoms. The van der Waals surface area contributed by atoms with Gasteiger partial charge in [0.05, 0.1) is 26.4 Å². The minimum atomic E-state index is -4.96. The number of hydrogen-bond donors (Lipinski definition) is 3. The number of allylic oxidation sites excluding steroid dienone is 4. The number of carbonyl (C=O) groups excluding carboxylic acids is 4. The van der Waals surface area contributed by atoms with E-state index in [-0.39, 0.29) is 25.7 Å². The smallest absolute Gasteiger partial charge is 0.462 e. The largest absolute Gasteiger partial charge is 0.472 e. The van der Waals surface area contributed by atoms with Gasteiger partial charge in [-0.15, -0.1) is 0 Å². The van der Waals surface area contributed by atoms with E-state index in [0.717, 1.165) is 121 Å². The summed E-state index contributed by atoms with van der Waals surface area (Å²) >= 11 is 0. The lowest BCUT2D eigenvalue weighted by Gasteiger charge is -2.21. The molecule has 3 N–H and O–H groups in total. The molecule has 3 unspecified atom stereocenters. The number of unbranched alkanes of at least 4 members (excludes halogenated alkanes) is 39. The Balaban J connectivity index is 5.28. The quantitative estimate of drug-likeness (QED) is 0.0169. The van der Waals surface area contributed by atoms with E-state index in [1.807, 2.05) is 0 Å². The summed E-state index contributed by atoms with van der Waals surface area (Å²) in [6.45, 7) is 11.8. The number of carbonyl (C=O) groups is 4. The van der Waals surface area contributed by atoms with Crippen LogP contribution < -0.4 is 0 Å². The Morgan fingerprint density at radius 2 is 0.557 bits per heavy atom. The summed E-state index contributed by atoms with van der Waals surface area (Å²) in [7, 11) is -9.93. The van der Waals surface area contributed by atoms with Gasteiger partial charge in [-0.3, -0.25) is 37.3 Å². The average molecular weight is 1420 g/mol. The average Bonchev–Trinajstić information content (AvgIpc) is 1.56. The maximum Gasteiger partial charge on any atom is 0.472 e. The van der Waals surface area contributed by atoms with Crippen LogP contribution >= 0.6 is 15.6 Å². The fraction of sp³-hybridized carbons (Fsp3) is 0.897. The van der Waals surface area contributed by atoms with Crippen LogP contribution in [0.5, 0.6) is 0 Å². The van der Waals surface area contributed by atoms with Gasteiger partial charge in [0.2, 0.25) is 0 Å². The van der Waals surface area contributed by atoms with Crippen LogP contribution in [0.1, 0.15) is 376 Å². The second-order valence-corrected chi connectivity index (χ2v) is 31.7. The summed E-state index contributed by atoms with van der Waals surface area (Å²) < 4.78 is 68.5. The van der Waals surface area contributed by atoms with Gasteiger partial charge in [0.1, 0.15) is 19.3 Å². The summed E-state index contributed by atoms with van der Waals surface area (Å²) in [5, 5.41) is 10.6. The summed E-state index contributed by atoms with van der Waals surface area (Å²) in [6.07, 6.45) is 57.7. The van der Waals surface area contributed by atoms with Crippen LogP contribution in [0.4, 0.5) is 0 Å². The van der Waals surface area contributed by atoms with E-state index in [9.17, 15) is 43.2 Å². The fourth-order valence-corrected chi connectivity index (χ4v) is 13.0. The van der Waals surface area contributed by atoms with Crippen LogP contribution in [0.3, 0.4) is 0 Å². The minimum Gasteiger partial charge on any atom is -0.462 e. The molecule has 5 atom stereocenters. The van der Waals surface area contributed by atoms with Crippen molar-refractivity contribution in [3.8, 4) is 0 Å². The van der Waals surface area contributed by atoms with Crippen molar-refractivity contribution in [3.63, 3.8) is 0 Å². The van der Waals surface area contributed by atoms with Crippen LogP contribution in [0, 0.1) is 17.8 Å². The van der Waals surface area contributed by atoms with Crippen LogP contribution in [-0.4, -0.2) is 96.7 Å². The summed E-state index contributed by atoms with van der Waals surface area (Å²) in [5.41, 5.74) is 0. The molecule has 97 heavy (non-hydrogen) atoms. The maximum atomic E-state index is 13.1. The van der Waals surface area contributed by atoms with Crippen molar-refractivity contribution in [3.05, 3.63) is 24.3 Å². The fourth-order valence-electron chi connectivity index (χ4n) is 11.4. The first-order chi connectivity index (χ1) is 46.7. The minimum absolute atomic E-state index is 0.0840. The third kappa shape index (κ3) is 71.7. The zero-order chi connectivity index (χ0) is 71.6. The second-order valence-electron chi connectivity index (χ2n) is 28.8. The first kappa shape index (κ1) is 94.5. The Hall–Kier alpha value is -2.46. The predicted octanol–water partition coefficient (Wildman–Crippen LogP) is 22.5. The van der Waals surface area contributed by atoms with Crippen LogP contribution in [0.2, 0.25) is 0 Å². The standard InChI is InChI=1S/C78H148O17P2/c1-8-9-10-11-12-13-14-15-17-21-26-32-39-47-54-61-78(83)95-74(66-89-76(81)60-53-46-41-34-37-44-51-58-71(6)7)68-93-97(86,87)91-64-72(79)63-90-96(84,85)92-67-73(65-88-75(80)59-52-45-38-31-28-23-25-30-36-43-50-57-70(4)5)94-77(82)62-55-48-40-33-27-22-19-16-18-20-24-29-35-42-49-56-69(2)3/h13-15,17,69-74,79H,8-12,16,18-68H2,1-7H3,(H,84,85)(H,86,87)/b14-13-,17-15-/t72?,73-,74-/m1/s1. The molecule has 0 rings (SSSR count). The summed E-state index contributed by atoms with van der Waals surface area (Å²) in [5.74, 6) is 0.126. The molecule has 19 heteroatoms. The number of rotatable bonds is 74. The van der Waals surface area contributed by atoms with Crippen molar-refractivity contribution in [2.24, 2.45) is 17.8 Å². The SMILES string of the molecule is CCCCCC/C=C\C=C/CCCCCCCC(=O)O[C@H](COC(=O)CCCCCCCCCC(C)C)COP(=O)(O)OCC(O)COP(=O)(O)OC[C@@H](COC(=O)CCCCCCCCCCCCCC(C)C)OC(=O)CCCCCCCCCCCCCCCCCC(C)C. The van der Waals surface area contributed by atoms with Crippen LogP contribution in [-0.2, 0) is 65.4 Å². The van der Waals surface area contributed by atoms with E-state index in [0.29, 0.717) is 31.6 Å². The molecule has 0 amide bonds. The number of aliphatic hydroxyl groups excluding tert-OH is 1. The topological polar surface area (TPSA) is 237 Å². The lowest BCUT2D eigenvalue weighted by Crippen LogP contribution is -2.30. The molecule has 0 heterocycles. The Kier molecular flexibility index (Phi) is 66.3. The number of ether oxygens (including phenoxy) is 4. The molecule has 0 aliphatic heterocycles. The molecule has 0 saturated heterocycles. The van der Waals surface area contributed by atoms with Crippen LogP contribution in [0.15, 0.2) is 24.3 Å². The molecular formula is C78H148O17P2. The molecule has 0 aromatic heterocycles. The molecule has 0 aromatic carbocycles. The molecular weight excluding hydrogens is 1270 g/mol. The number of hydrogen-bond acceptors (Lipinski definition) is 15. The van der Waals surface area contributed by atoms with E-state index < -0.39 is 97.5 Å². The van der Waals surface area contributed by atoms with Gasteiger partial charge in [-0.1, -0.05) is 323 Å². The predicted molar refractivity (Wildman–Crippen MR) is 395 cm³/mol. The van der Waals surface area contributed by atoms with Gasteiger partial charge in [0, 0.05) is 25.7 Å². The van der Waals surface area contributed by atoms with Crippen molar-refractivity contribution in [1.82, 2.24) is 0 Å². The van der Waals surface area contributed by atoms with Gasteiger partial charge in [-0.25, -0.2) is 9.13 Å². The van der Waals surface area contributed by atoms with E-state index in [4.69, 9.17) is 37.0 Å². The molecule has 17 nitrogen and oxygen atoms in total. The monoisotopic (exact) mass is 1420 g/mol. The van der Waals surface area contributed by atoms with Crippen molar-refractivity contribution < 1.29 is 80.2 Å². The Morgan fingerprint density at radius 1 is 0.320 bits per heavy atom. The van der Waals surface area contributed by atoms with E-state index in [2.05, 4.69) is 72.8 Å². The Labute approximate surface area is 592 Å². The van der Waals surface area contributed by atoms with Gasteiger partial charge >= 0.3 is 39.5 Å². The molecule has 0 bridgehead atoms. The van der Waals surface area contributed by atoms with Gasteiger partial charge in [-0.05, 0) is 69.1 Å². The van der Waals surface area contributed by atoms with Crippen molar-refractivity contribution >= 4 is 39.5 Å². The zero-order valence-electron chi connectivity index (χ0n) is 63.0. The second kappa shape index (κ2) is 68.0. The van der Waals surface area contributed by atoms with Gasteiger partial charge in [-0.2, -0.15) is 0 Å². The van der Waals surface area contributed by atoms with Crippen molar-refractivity contribution in [2.45, 2.75) is 394 Å². The van der Waals surface area contributed by atoms with E-state index in [1.54, 1.807) is 0 Å². The highest BCUT2D eigenvalue weighted by atomic mass is 31.2. The molecule has 0 aliphatic rings. The highest BCUT2D eigenvalue weighted by Gasteiger charge is 2.30. The van der Waals surface area contributed by atoms with Crippen LogP contribution in [0.25, 0.3) is 0 Å². The number of aliphatic hydroxyl groups is 1. The third-order valence-electron chi connectivity index (χ3n) is 17.5. The normalized spacial score (nSPS) is 14.2. The van der Waals surface area contributed by atoms with E-state index >= 15 is 0 Å². The Morgan fingerprint density at radius 3 is 0.835 bits per heavy atom. The maximum absolute atomic E-state index is 13.1. The van der Waals surface area contributed by atoms with Gasteiger partial charge in [0.25, 0.3) is 0 Å². The molecule has 572 valence electrons. The lowest BCUT2D eigenvalue weighted by molar-refractivity contribution is -0.161. The lowest BCUT2D eigenvalue weighted by atomic mass is 10.0. The molecule has 0 saturated carbocycles.